The van der Waals surface area contributed by atoms with Crippen molar-refractivity contribution in [1.82, 2.24) is 0 Å². The number of hydrogen-bond acceptors (Lipinski definition) is 0. The summed E-state index contributed by atoms with van der Waals surface area (Å²) in [5, 5.41) is 1.70. The average Bonchev–Trinajstić information content (AvgIpc) is 1.98. The van der Waals surface area contributed by atoms with Crippen molar-refractivity contribution in [2.45, 2.75) is 6.42 Å². The van der Waals surface area contributed by atoms with Crippen molar-refractivity contribution in [3.8, 4) is 0 Å². The van der Waals surface area contributed by atoms with Gasteiger partial charge in [0.1, 0.15) is 0 Å². The Bertz CT molecular complexity index is 161. The Morgan fingerprint density at radius 1 is 1.25 bits per heavy atom. The Labute approximate surface area is 62.7 Å². The predicted octanol–water partition coefficient (Wildman–Crippen LogP) is 3.20. The van der Waals surface area contributed by atoms with Crippen LogP contribution in [-0.4, -0.2) is 0 Å². The molecule has 8 heavy (non-hydrogen) atoms. The van der Waals surface area contributed by atoms with Crippen LogP contribution in [0.15, 0.2) is 21.2 Å². The van der Waals surface area contributed by atoms with Gasteiger partial charge in [-0.3, -0.25) is 0 Å². The zero-order valence-electron chi connectivity index (χ0n) is 3.92. The van der Waals surface area contributed by atoms with Crippen LogP contribution in [0.3, 0.4) is 0 Å². The maximum absolute atomic E-state index is 5.57. The van der Waals surface area contributed by atoms with Gasteiger partial charge in [0.15, 0.2) is 0 Å². The van der Waals surface area contributed by atoms with Gasteiger partial charge in [-0.15, -0.1) is 0 Å². The van der Waals surface area contributed by atoms with E-state index in [-0.39, 0.29) is 0 Å². The molecule has 0 bridgehead atoms. The molecule has 0 fully saturated rings. The molecule has 0 heterocycles. The van der Waals surface area contributed by atoms with E-state index in [1.165, 1.54) is 0 Å². The van der Waals surface area contributed by atoms with E-state index in [1.54, 1.807) is 6.08 Å². The third-order valence-electron chi connectivity index (χ3n) is 0.908. The Balaban J connectivity index is 2.88. The monoisotopic (exact) mass is 168 g/mol. The van der Waals surface area contributed by atoms with E-state index in [0.29, 0.717) is 21.5 Å². The molecule has 3 heteroatoms. The third kappa shape index (κ3) is 1.02. The summed E-state index contributed by atoms with van der Waals surface area (Å²) in [7, 11) is 0. The van der Waals surface area contributed by atoms with E-state index in [0.717, 1.165) is 0 Å². The van der Waals surface area contributed by atoms with E-state index in [4.69, 9.17) is 34.8 Å². The van der Waals surface area contributed by atoms with Gasteiger partial charge in [0.2, 0.25) is 0 Å². The first-order valence-corrected chi connectivity index (χ1v) is 3.25. The highest BCUT2D eigenvalue weighted by atomic mass is 35.5. The van der Waals surface area contributed by atoms with Gasteiger partial charge in [-0.25, -0.2) is 0 Å². The zero-order chi connectivity index (χ0) is 6.15. The molecule has 0 unspecified atom stereocenters. The molecule has 0 radical (unpaired) electrons. The summed E-state index contributed by atoms with van der Waals surface area (Å²) in [4.78, 5) is 0. The lowest BCUT2D eigenvalue weighted by molar-refractivity contribution is 1.40. The van der Waals surface area contributed by atoms with Crippen LogP contribution < -0.4 is 0 Å². The minimum absolute atomic E-state index is 0.494. The van der Waals surface area contributed by atoms with Crippen molar-refractivity contribution in [2.75, 3.05) is 0 Å². The molecule has 0 aromatic heterocycles. The smallest absolute Gasteiger partial charge is 0.0737 e. The Hall–Kier alpha value is 0.350. The number of hydrogen-bond donors (Lipinski definition) is 0. The van der Waals surface area contributed by atoms with Crippen LogP contribution in [-0.2, 0) is 0 Å². The molecule has 0 atom stereocenters. The highest BCUT2D eigenvalue weighted by Crippen LogP contribution is 2.33. The molecule has 0 aromatic rings. The third-order valence-corrected chi connectivity index (χ3v) is 2.22. The van der Waals surface area contributed by atoms with E-state index in [9.17, 15) is 0 Å². The van der Waals surface area contributed by atoms with Crippen molar-refractivity contribution < 1.29 is 0 Å². The second-order valence-electron chi connectivity index (χ2n) is 1.48. The highest BCUT2D eigenvalue weighted by molar-refractivity contribution is 6.48. The van der Waals surface area contributed by atoms with Gasteiger partial charge in [0.25, 0.3) is 0 Å². The molecule has 0 saturated heterocycles. The van der Waals surface area contributed by atoms with Gasteiger partial charge in [0.05, 0.1) is 10.1 Å². The van der Waals surface area contributed by atoms with Crippen LogP contribution in [0.1, 0.15) is 6.42 Å². The first-order valence-electron chi connectivity index (χ1n) is 2.12. The molecule has 0 saturated carbocycles. The lowest BCUT2D eigenvalue weighted by Gasteiger charge is -1.86. The first kappa shape index (κ1) is 6.47. The van der Waals surface area contributed by atoms with Crippen LogP contribution in [0, 0.1) is 0 Å². The van der Waals surface area contributed by atoms with Crippen molar-refractivity contribution in [3.63, 3.8) is 0 Å². The minimum Gasteiger partial charge on any atom is -0.0871 e. The molecule has 0 nitrogen and oxygen atoms in total. The largest absolute Gasteiger partial charge is 0.0871 e. The summed E-state index contributed by atoms with van der Waals surface area (Å²) in [6, 6.07) is 0. The summed E-state index contributed by atoms with van der Waals surface area (Å²) >= 11 is 16.7. The fourth-order valence-electron chi connectivity index (χ4n) is 0.488. The summed E-state index contributed by atoms with van der Waals surface area (Å²) in [6.07, 6.45) is 2.46. The Morgan fingerprint density at radius 2 is 1.88 bits per heavy atom. The fourth-order valence-corrected chi connectivity index (χ4v) is 1.06. The predicted molar refractivity (Wildman–Crippen MR) is 37.3 cm³/mol. The van der Waals surface area contributed by atoms with Crippen LogP contribution in [0.5, 0.6) is 0 Å². The normalized spacial score (nSPS) is 19.6. The topological polar surface area (TPSA) is 0 Å². The average molecular weight is 169 g/mol. The van der Waals surface area contributed by atoms with Crippen molar-refractivity contribution >= 4 is 34.8 Å². The van der Waals surface area contributed by atoms with E-state index >= 15 is 0 Å². The van der Waals surface area contributed by atoms with Gasteiger partial charge in [0, 0.05) is 11.5 Å². The molecule has 1 aliphatic rings. The molecule has 1 aliphatic carbocycles. The molecule has 0 aliphatic heterocycles. The SMILES string of the molecule is ClC1=CCC(Cl)=C1Cl. The van der Waals surface area contributed by atoms with Crippen LogP contribution in [0.4, 0.5) is 0 Å². The van der Waals surface area contributed by atoms with Gasteiger partial charge < -0.3 is 0 Å². The van der Waals surface area contributed by atoms with Gasteiger partial charge in [-0.1, -0.05) is 40.9 Å². The lowest BCUT2D eigenvalue weighted by atomic mass is 10.5. The standard InChI is InChI=1S/C5H3Cl3/c6-3-1-2-4(7)5(3)8/h1H,2H2. The minimum atomic E-state index is 0.494. The van der Waals surface area contributed by atoms with E-state index < -0.39 is 0 Å². The van der Waals surface area contributed by atoms with Crippen molar-refractivity contribution in [2.24, 2.45) is 0 Å². The van der Waals surface area contributed by atoms with Gasteiger partial charge in [-0.05, 0) is 0 Å². The summed E-state index contributed by atoms with van der Waals surface area (Å²) < 4.78 is 0. The van der Waals surface area contributed by atoms with E-state index in [2.05, 4.69) is 0 Å². The summed E-state index contributed by atoms with van der Waals surface area (Å²) in [5.41, 5.74) is 0. The highest BCUT2D eigenvalue weighted by Gasteiger charge is 2.10. The van der Waals surface area contributed by atoms with Crippen LogP contribution >= 0.6 is 34.8 Å². The number of rotatable bonds is 0. The van der Waals surface area contributed by atoms with Crippen LogP contribution in [0.25, 0.3) is 0 Å². The number of halogens is 3. The molecule has 44 valence electrons. The second-order valence-corrected chi connectivity index (χ2v) is 2.72. The Morgan fingerprint density at radius 3 is 2.00 bits per heavy atom. The fraction of sp³-hybridized carbons (Fsp3) is 0.200. The maximum Gasteiger partial charge on any atom is 0.0737 e. The first-order chi connectivity index (χ1) is 3.72. The maximum atomic E-state index is 5.57. The molecule has 0 amide bonds. The van der Waals surface area contributed by atoms with E-state index in [1.807, 2.05) is 0 Å². The molecular weight excluding hydrogens is 166 g/mol. The van der Waals surface area contributed by atoms with Crippen LogP contribution in [0.2, 0.25) is 0 Å². The van der Waals surface area contributed by atoms with Crippen molar-refractivity contribution in [1.29, 1.82) is 0 Å². The molecule has 0 N–H and O–H groups in total. The quantitative estimate of drug-likeness (QED) is 0.522. The molecular formula is C5H3Cl3. The van der Waals surface area contributed by atoms with Crippen molar-refractivity contribution in [3.05, 3.63) is 21.2 Å². The molecule has 0 aromatic carbocycles. The molecule has 1 rings (SSSR count). The lowest BCUT2D eigenvalue weighted by Crippen LogP contribution is -1.64. The second kappa shape index (κ2) is 2.30. The summed E-state index contributed by atoms with van der Waals surface area (Å²) in [5.74, 6) is 0. The zero-order valence-corrected chi connectivity index (χ0v) is 6.19. The summed E-state index contributed by atoms with van der Waals surface area (Å²) in [6.45, 7) is 0. The molecule has 0 spiro atoms. The van der Waals surface area contributed by atoms with Gasteiger partial charge in [-0.2, -0.15) is 0 Å². The van der Waals surface area contributed by atoms with Gasteiger partial charge >= 0.3 is 0 Å². The Kier molecular flexibility index (Phi) is 1.86. The number of allylic oxidation sites excluding steroid dienone is 4.